The van der Waals surface area contributed by atoms with Crippen LogP contribution in [0, 0.1) is 23.7 Å². The predicted octanol–water partition coefficient (Wildman–Crippen LogP) is 4.17. The van der Waals surface area contributed by atoms with E-state index in [1.165, 1.54) is 6.42 Å². The Balaban J connectivity index is 1.94. The van der Waals surface area contributed by atoms with Crippen molar-refractivity contribution in [3.8, 4) is 0 Å². The van der Waals surface area contributed by atoms with Gasteiger partial charge >= 0.3 is 0 Å². The van der Waals surface area contributed by atoms with Crippen molar-refractivity contribution < 1.29 is 24.9 Å². The van der Waals surface area contributed by atoms with Gasteiger partial charge in [-0.3, -0.25) is 9.59 Å². The second-order valence-corrected chi connectivity index (χ2v) is 13.0. The van der Waals surface area contributed by atoms with Gasteiger partial charge in [0.05, 0.1) is 17.7 Å². The molecule has 4 atom stereocenters. The lowest BCUT2D eigenvalue weighted by atomic mass is 9.79. The molecule has 3 fully saturated rings. The lowest BCUT2D eigenvalue weighted by molar-refractivity contribution is -0.153. The SMILES string of the molecule is CNC(=O)C[C@@H](CC1CC1)C(=O)N(CC1(O)CCCCC1)[C@@H](CC1CCCCC1)[C@@H](O)[C@@H](O)CC(C)C. The molecule has 37 heavy (non-hydrogen) atoms. The van der Waals surface area contributed by atoms with Crippen LogP contribution in [0.2, 0.25) is 0 Å². The highest BCUT2D eigenvalue weighted by molar-refractivity contribution is 5.86. The lowest BCUT2D eigenvalue weighted by Crippen LogP contribution is -2.58. The highest BCUT2D eigenvalue weighted by Crippen LogP contribution is 2.39. The average molecular weight is 523 g/mol. The van der Waals surface area contributed by atoms with Crippen LogP contribution in [0.3, 0.4) is 0 Å². The molecule has 3 saturated carbocycles. The van der Waals surface area contributed by atoms with Crippen LogP contribution in [0.25, 0.3) is 0 Å². The maximum atomic E-state index is 14.3. The summed E-state index contributed by atoms with van der Waals surface area (Å²) in [4.78, 5) is 28.5. The van der Waals surface area contributed by atoms with E-state index in [-0.39, 0.29) is 30.7 Å². The minimum Gasteiger partial charge on any atom is -0.390 e. The average Bonchev–Trinajstić information content (AvgIpc) is 3.69. The summed E-state index contributed by atoms with van der Waals surface area (Å²) in [5, 5.41) is 36.9. The van der Waals surface area contributed by atoms with Crippen LogP contribution < -0.4 is 5.32 Å². The minimum absolute atomic E-state index is 0.127. The van der Waals surface area contributed by atoms with Crippen molar-refractivity contribution in [1.82, 2.24) is 10.2 Å². The van der Waals surface area contributed by atoms with Crippen LogP contribution in [0.5, 0.6) is 0 Å². The smallest absolute Gasteiger partial charge is 0.226 e. The van der Waals surface area contributed by atoms with Crippen LogP contribution in [0.4, 0.5) is 0 Å². The Morgan fingerprint density at radius 1 is 0.919 bits per heavy atom. The van der Waals surface area contributed by atoms with Gasteiger partial charge in [-0.25, -0.2) is 0 Å². The van der Waals surface area contributed by atoms with Crippen molar-refractivity contribution >= 4 is 11.8 Å². The van der Waals surface area contributed by atoms with E-state index in [1.54, 1.807) is 11.9 Å². The van der Waals surface area contributed by atoms with Crippen molar-refractivity contribution in [1.29, 1.82) is 0 Å². The first-order valence-electron chi connectivity index (χ1n) is 15.2. The number of aliphatic hydroxyl groups excluding tert-OH is 2. The molecular weight excluding hydrogens is 468 g/mol. The van der Waals surface area contributed by atoms with Crippen LogP contribution in [-0.4, -0.2) is 69.5 Å². The number of hydrogen-bond acceptors (Lipinski definition) is 5. The fraction of sp³-hybridized carbons (Fsp3) is 0.933. The molecule has 0 saturated heterocycles. The van der Waals surface area contributed by atoms with E-state index >= 15 is 0 Å². The molecule has 7 nitrogen and oxygen atoms in total. The first-order valence-corrected chi connectivity index (χ1v) is 15.2. The fourth-order valence-corrected chi connectivity index (χ4v) is 6.73. The quantitative estimate of drug-likeness (QED) is 0.274. The van der Waals surface area contributed by atoms with Crippen molar-refractivity contribution in [2.45, 2.75) is 140 Å². The Kier molecular flexibility index (Phi) is 11.7. The molecule has 3 aliphatic rings. The number of aliphatic hydroxyl groups is 3. The molecular formula is C30H54N2O5. The summed E-state index contributed by atoms with van der Waals surface area (Å²) < 4.78 is 0. The van der Waals surface area contributed by atoms with Crippen molar-refractivity contribution in [2.75, 3.05) is 13.6 Å². The highest BCUT2D eigenvalue weighted by Gasteiger charge is 2.43. The zero-order valence-electron chi connectivity index (χ0n) is 23.7. The number of carbonyl (C=O) groups excluding carboxylic acids is 2. The Morgan fingerprint density at radius 3 is 2.08 bits per heavy atom. The molecule has 2 amide bonds. The standard InChI is InChI=1S/C30H54N2O5/c1-21(2)16-26(33)28(35)25(18-22-10-6-4-7-11-22)32(20-30(37)14-8-5-9-15-30)29(36)24(17-23-12-13-23)19-27(34)31-3/h21-26,28,33,35,37H,4-20H2,1-3H3,(H,31,34)/t24-,25+,26+,28-/m1/s1. The maximum Gasteiger partial charge on any atom is 0.226 e. The number of rotatable bonds is 14. The van der Waals surface area contributed by atoms with Crippen molar-refractivity contribution in [3.63, 3.8) is 0 Å². The van der Waals surface area contributed by atoms with Gasteiger partial charge in [-0.2, -0.15) is 0 Å². The predicted molar refractivity (Wildman–Crippen MR) is 146 cm³/mol. The zero-order valence-corrected chi connectivity index (χ0v) is 23.7. The molecule has 4 N–H and O–H groups in total. The molecule has 0 aromatic carbocycles. The van der Waals surface area contributed by atoms with Crippen molar-refractivity contribution in [2.24, 2.45) is 23.7 Å². The summed E-state index contributed by atoms with van der Waals surface area (Å²) >= 11 is 0. The summed E-state index contributed by atoms with van der Waals surface area (Å²) in [6.45, 7) is 4.22. The Morgan fingerprint density at radius 2 is 1.51 bits per heavy atom. The number of amides is 2. The third-order valence-corrected chi connectivity index (χ3v) is 9.11. The molecule has 0 heterocycles. The fourth-order valence-electron chi connectivity index (χ4n) is 6.73. The van der Waals surface area contributed by atoms with Crippen molar-refractivity contribution in [3.05, 3.63) is 0 Å². The first-order chi connectivity index (χ1) is 17.6. The molecule has 3 rings (SSSR count). The van der Waals surface area contributed by atoms with Gasteiger partial charge in [-0.15, -0.1) is 0 Å². The highest BCUT2D eigenvalue weighted by atomic mass is 16.3. The molecule has 0 aliphatic heterocycles. The third kappa shape index (κ3) is 9.50. The number of carbonyl (C=O) groups is 2. The first kappa shape index (κ1) is 30.4. The molecule has 214 valence electrons. The molecule has 7 heteroatoms. The molecule has 0 bridgehead atoms. The van der Waals surface area contributed by atoms with Gasteiger partial charge in [0, 0.05) is 25.9 Å². The van der Waals surface area contributed by atoms with Gasteiger partial charge in [0.1, 0.15) is 6.10 Å². The molecule has 0 aromatic heterocycles. The Labute approximate surface area is 224 Å². The van der Waals surface area contributed by atoms with Crippen LogP contribution in [0.15, 0.2) is 0 Å². The van der Waals surface area contributed by atoms with Crippen LogP contribution in [0.1, 0.15) is 117 Å². The lowest BCUT2D eigenvalue weighted by Gasteiger charge is -2.45. The maximum absolute atomic E-state index is 14.3. The summed E-state index contributed by atoms with van der Waals surface area (Å²) in [5.74, 6) is 0.305. The van der Waals surface area contributed by atoms with Gasteiger partial charge in [0.15, 0.2) is 0 Å². The summed E-state index contributed by atoms with van der Waals surface area (Å²) in [6.07, 6.45) is 11.9. The van der Waals surface area contributed by atoms with E-state index < -0.39 is 29.8 Å². The topological polar surface area (TPSA) is 110 Å². The van der Waals surface area contributed by atoms with Crippen LogP contribution in [-0.2, 0) is 9.59 Å². The van der Waals surface area contributed by atoms with E-state index in [4.69, 9.17) is 0 Å². The largest absolute Gasteiger partial charge is 0.390 e. The summed E-state index contributed by atoms with van der Waals surface area (Å²) in [5.41, 5.74) is -0.988. The van der Waals surface area contributed by atoms with E-state index in [9.17, 15) is 24.9 Å². The van der Waals surface area contributed by atoms with E-state index in [2.05, 4.69) is 5.32 Å². The van der Waals surface area contributed by atoms with Gasteiger partial charge in [-0.1, -0.05) is 78.1 Å². The zero-order chi connectivity index (χ0) is 27.0. The normalized spacial score (nSPS) is 23.8. The molecule has 0 unspecified atom stereocenters. The van der Waals surface area contributed by atoms with Gasteiger partial charge in [0.25, 0.3) is 0 Å². The van der Waals surface area contributed by atoms with E-state index in [1.807, 2.05) is 13.8 Å². The number of nitrogens with zero attached hydrogens (tertiary/aromatic N) is 1. The van der Waals surface area contributed by atoms with Gasteiger partial charge in [0.2, 0.25) is 11.8 Å². The summed E-state index contributed by atoms with van der Waals surface area (Å²) in [6, 6.07) is -0.568. The Hall–Kier alpha value is -1.18. The van der Waals surface area contributed by atoms with Gasteiger partial charge < -0.3 is 25.5 Å². The molecule has 0 aromatic rings. The second-order valence-electron chi connectivity index (χ2n) is 13.0. The third-order valence-electron chi connectivity index (χ3n) is 9.11. The van der Waals surface area contributed by atoms with E-state index in [0.717, 1.165) is 57.8 Å². The van der Waals surface area contributed by atoms with Crippen LogP contribution >= 0.6 is 0 Å². The van der Waals surface area contributed by atoms with Gasteiger partial charge in [-0.05, 0) is 49.9 Å². The second kappa shape index (κ2) is 14.3. The molecule has 3 aliphatic carbocycles. The molecule has 0 radical (unpaired) electrons. The number of hydrogen-bond donors (Lipinski definition) is 4. The number of nitrogens with one attached hydrogen (secondary N) is 1. The monoisotopic (exact) mass is 522 g/mol. The summed E-state index contributed by atoms with van der Waals surface area (Å²) in [7, 11) is 1.60. The Bertz CT molecular complexity index is 713. The molecule has 0 spiro atoms. The minimum atomic E-state index is -1.08. The van der Waals surface area contributed by atoms with E-state index in [0.29, 0.717) is 43.9 Å².